The van der Waals surface area contributed by atoms with Crippen LogP contribution in [0.2, 0.25) is 0 Å². The molecule has 14 heteroatoms. The van der Waals surface area contributed by atoms with Crippen LogP contribution in [-0.2, 0) is 18.9 Å². The van der Waals surface area contributed by atoms with Crippen molar-refractivity contribution in [3.8, 4) is 0 Å². The molecule has 0 saturated carbocycles. The van der Waals surface area contributed by atoms with Gasteiger partial charge in [-0.1, -0.05) is 0 Å². The monoisotopic (exact) mass is 582 g/mol. The fraction of sp³-hybridized carbons (Fsp3) is 0.885. The molecule has 2 aliphatic rings. The van der Waals surface area contributed by atoms with E-state index < -0.39 is 35.2 Å². The molecule has 0 radical (unpaired) electrons. The lowest BCUT2D eigenvalue weighted by Crippen LogP contribution is -2.41. The van der Waals surface area contributed by atoms with Gasteiger partial charge in [0.1, 0.15) is 16.8 Å². The summed E-state index contributed by atoms with van der Waals surface area (Å²) in [5.41, 5.74) is -1.88. The van der Waals surface area contributed by atoms with Crippen LogP contribution >= 0.6 is 0 Å². The van der Waals surface area contributed by atoms with Crippen molar-refractivity contribution in [2.75, 3.05) is 59.5 Å². The first kappa shape index (κ1) is 39.9. The summed E-state index contributed by atoms with van der Waals surface area (Å²) in [5.74, 6) is 0. The highest BCUT2D eigenvalue weighted by atomic mass is 16.8. The standard InChI is InChI=1S/C10H20N2O3.C10H18O5.C5H12N2O.CH4O/c1-10(2,3)15-9(14)12-5-4-11-6-8(13)7-12;1-9(2,3)14-7(11)13-8(12)15-10(4,5)6;8-5-3-6-1-2-7-4-5;1-2/h8,11,13H,4-7H2,1-3H3;1-6H3;5-8H,1-4H2;2H,1H3. The van der Waals surface area contributed by atoms with E-state index in [0.717, 1.165) is 33.3 Å². The number of aliphatic hydroxyl groups is 3. The van der Waals surface area contributed by atoms with Crippen molar-refractivity contribution in [1.82, 2.24) is 20.9 Å². The molecule has 0 bridgehead atoms. The van der Waals surface area contributed by atoms with Crippen molar-refractivity contribution in [1.29, 1.82) is 0 Å². The van der Waals surface area contributed by atoms with E-state index in [0.29, 0.717) is 26.2 Å². The van der Waals surface area contributed by atoms with E-state index in [4.69, 9.17) is 24.4 Å². The van der Waals surface area contributed by atoms with Crippen molar-refractivity contribution in [3.05, 3.63) is 0 Å². The fourth-order valence-corrected chi connectivity index (χ4v) is 2.78. The van der Waals surface area contributed by atoms with Crippen LogP contribution in [0.1, 0.15) is 62.3 Å². The molecule has 2 aliphatic heterocycles. The van der Waals surface area contributed by atoms with Crippen LogP contribution in [0.5, 0.6) is 0 Å². The minimum absolute atomic E-state index is 0.197. The van der Waals surface area contributed by atoms with Gasteiger partial charge in [0, 0.05) is 52.9 Å². The lowest BCUT2D eigenvalue weighted by atomic mass is 10.2. The number of hydrogen-bond acceptors (Lipinski definition) is 13. The molecule has 6 N–H and O–H groups in total. The van der Waals surface area contributed by atoms with E-state index in [1.54, 1.807) is 41.5 Å². The van der Waals surface area contributed by atoms with Crippen LogP contribution in [0.25, 0.3) is 0 Å². The Labute approximate surface area is 239 Å². The number of β-amino-alcohol motifs (C(OH)–C–C–N with tert-alkyl or cyclic N) is 2. The summed E-state index contributed by atoms with van der Waals surface area (Å²) in [7, 11) is 1.00. The van der Waals surface area contributed by atoms with Crippen molar-refractivity contribution in [2.24, 2.45) is 0 Å². The topological polar surface area (TPSA) is 188 Å². The molecule has 0 aromatic carbocycles. The third-order valence-corrected chi connectivity index (χ3v) is 4.21. The van der Waals surface area contributed by atoms with Crippen LogP contribution in [-0.4, -0.2) is 127 Å². The average Bonchev–Trinajstić information content (AvgIpc) is 3.14. The number of nitrogens with one attached hydrogen (secondary N) is 3. The molecule has 2 heterocycles. The Morgan fingerprint density at radius 3 is 1.43 bits per heavy atom. The second kappa shape index (κ2) is 19.8. The second-order valence-corrected chi connectivity index (χ2v) is 11.9. The zero-order valence-corrected chi connectivity index (χ0v) is 26.0. The number of aliphatic hydroxyl groups excluding tert-OH is 3. The smallest absolute Gasteiger partial charge is 0.444 e. The van der Waals surface area contributed by atoms with Crippen LogP contribution in [0, 0.1) is 0 Å². The van der Waals surface area contributed by atoms with Gasteiger partial charge in [-0.25, -0.2) is 14.4 Å². The molecule has 2 rings (SSSR count). The molecule has 2 fully saturated rings. The summed E-state index contributed by atoms with van der Waals surface area (Å²) in [6.07, 6.45) is -3.18. The summed E-state index contributed by atoms with van der Waals surface area (Å²) in [4.78, 5) is 35.2. The summed E-state index contributed by atoms with van der Waals surface area (Å²) in [6, 6.07) is 0. The van der Waals surface area contributed by atoms with Crippen LogP contribution in [0.15, 0.2) is 0 Å². The molecule has 1 amide bonds. The Balaban J connectivity index is 0. The van der Waals surface area contributed by atoms with Crippen molar-refractivity contribution in [2.45, 2.75) is 91.3 Å². The quantitative estimate of drug-likeness (QED) is 0.136. The Bertz CT molecular complexity index is 684. The van der Waals surface area contributed by atoms with E-state index >= 15 is 0 Å². The molecule has 0 aromatic rings. The van der Waals surface area contributed by atoms with Crippen molar-refractivity contribution < 1.29 is 48.7 Å². The SMILES string of the molecule is CC(C)(C)OC(=O)N1CCNCC(O)C1.CC(C)(C)OC(=O)OC(=O)OC(C)(C)C.CO.OC1CNCCNC1. The minimum Gasteiger partial charge on any atom is -0.444 e. The maximum Gasteiger partial charge on any atom is 0.519 e. The van der Waals surface area contributed by atoms with Crippen LogP contribution in [0.4, 0.5) is 14.4 Å². The zero-order chi connectivity index (χ0) is 31.6. The average molecular weight is 583 g/mol. The van der Waals surface area contributed by atoms with Gasteiger partial charge in [-0.15, -0.1) is 0 Å². The molecule has 14 nitrogen and oxygen atoms in total. The van der Waals surface area contributed by atoms with Gasteiger partial charge in [0.25, 0.3) is 0 Å². The molecule has 0 aliphatic carbocycles. The molecule has 238 valence electrons. The van der Waals surface area contributed by atoms with Gasteiger partial charge >= 0.3 is 18.4 Å². The van der Waals surface area contributed by atoms with E-state index in [2.05, 4.69) is 20.7 Å². The lowest BCUT2D eigenvalue weighted by Gasteiger charge is -2.26. The summed E-state index contributed by atoms with van der Waals surface area (Å²) in [5, 5.41) is 34.7. The highest BCUT2D eigenvalue weighted by molar-refractivity contribution is 5.77. The van der Waals surface area contributed by atoms with Gasteiger partial charge in [-0.2, -0.15) is 0 Å². The predicted molar refractivity (Wildman–Crippen MR) is 150 cm³/mol. The highest BCUT2D eigenvalue weighted by Crippen LogP contribution is 2.12. The van der Waals surface area contributed by atoms with Crippen molar-refractivity contribution >= 4 is 18.4 Å². The highest BCUT2D eigenvalue weighted by Gasteiger charge is 2.26. The Morgan fingerprint density at radius 2 is 1.02 bits per heavy atom. The number of hydrogen-bond donors (Lipinski definition) is 6. The summed E-state index contributed by atoms with van der Waals surface area (Å²) < 4.78 is 19.0. The first-order chi connectivity index (χ1) is 18.3. The number of carbonyl (C=O) groups excluding carboxylic acids is 3. The van der Waals surface area contributed by atoms with E-state index in [-0.39, 0.29) is 12.2 Å². The van der Waals surface area contributed by atoms with Gasteiger partial charge in [0.05, 0.1) is 18.8 Å². The fourth-order valence-electron chi connectivity index (χ4n) is 2.78. The number of carbonyl (C=O) groups is 3. The number of ether oxygens (including phenoxy) is 4. The van der Waals surface area contributed by atoms with Crippen LogP contribution < -0.4 is 16.0 Å². The number of amides is 1. The maximum atomic E-state index is 11.7. The molecule has 2 saturated heterocycles. The first-order valence-electron chi connectivity index (χ1n) is 13.3. The van der Waals surface area contributed by atoms with Gasteiger partial charge in [-0.3, -0.25) is 0 Å². The molecular weight excluding hydrogens is 528 g/mol. The first-order valence-corrected chi connectivity index (χ1v) is 13.3. The third kappa shape index (κ3) is 26.0. The third-order valence-electron chi connectivity index (χ3n) is 4.21. The normalized spacial score (nSPS) is 18.4. The van der Waals surface area contributed by atoms with Crippen molar-refractivity contribution in [3.63, 3.8) is 0 Å². The van der Waals surface area contributed by atoms with E-state index in [1.807, 2.05) is 20.8 Å². The molecular formula is C26H54N4O10. The second-order valence-electron chi connectivity index (χ2n) is 11.9. The summed E-state index contributed by atoms with van der Waals surface area (Å²) >= 11 is 0. The molecule has 1 unspecified atom stereocenters. The van der Waals surface area contributed by atoms with Gasteiger partial charge < -0.3 is 55.1 Å². The lowest BCUT2D eigenvalue weighted by molar-refractivity contribution is -0.0294. The minimum atomic E-state index is -1.06. The van der Waals surface area contributed by atoms with E-state index in [9.17, 15) is 19.5 Å². The Kier molecular flexibility index (Phi) is 19.7. The Morgan fingerprint density at radius 1 is 0.650 bits per heavy atom. The largest absolute Gasteiger partial charge is 0.519 e. The molecule has 0 aromatic heterocycles. The van der Waals surface area contributed by atoms with E-state index in [1.165, 1.54) is 4.90 Å². The molecule has 1 atom stereocenters. The molecule has 40 heavy (non-hydrogen) atoms. The molecule has 0 spiro atoms. The van der Waals surface area contributed by atoms with Gasteiger partial charge in [0.15, 0.2) is 0 Å². The van der Waals surface area contributed by atoms with Gasteiger partial charge in [0.2, 0.25) is 0 Å². The summed E-state index contributed by atoms with van der Waals surface area (Å²) in [6.45, 7) is 21.0. The maximum absolute atomic E-state index is 11.7. The Hall–Kier alpha value is -2.23. The predicted octanol–water partition coefficient (Wildman–Crippen LogP) is 1.21. The van der Waals surface area contributed by atoms with Crippen LogP contribution in [0.3, 0.4) is 0 Å². The van der Waals surface area contributed by atoms with Gasteiger partial charge in [-0.05, 0) is 62.3 Å². The zero-order valence-electron chi connectivity index (χ0n) is 26.0. The number of nitrogens with zero attached hydrogens (tertiary/aromatic N) is 1. The number of rotatable bonds is 0.